The molecule has 208 valence electrons. The molecule has 0 radical (unpaired) electrons. The predicted octanol–water partition coefficient (Wildman–Crippen LogP) is 4.35. The van der Waals surface area contributed by atoms with Crippen LogP contribution in [-0.4, -0.2) is 45.3 Å². The second-order valence-corrected chi connectivity index (χ2v) is 11.4. The van der Waals surface area contributed by atoms with Gasteiger partial charge in [-0.15, -0.1) is 0 Å². The Bertz CT molecular complexity index is 1300. The van der Waals surface area contributed by atoms with Gasteiger partial charge in [-0.2, -0.15) is 0 Å². The van der Waals surface area contributed by atoms with E-state index in [1.165, 1.54) is 4.90 Å². The van der Waals surface area contributed by atoms with Crippen molar-refractivity contribution < 1.29 is 32.2 Å². The van der Waals surface area contributed by atoms with Crippen LogP contribution in [0.5, 0.6) is 0 Å². The van der Waals surface area contributed by atoms with E-state index in [1.54, 1.807) is 6.92 Å². The van der Waals surface area contributed by atoms with Gasteiger partial charge in [0.05, 0.1) is 18.1 Å². The smallest absolute Gasteiger partial charge is 0.281 e. The van der Waals surface area contributed by atoms with E-state index >= 15 is 8.78 Å². The van der Waals surface area contributed by atoms with Crippen LogP contribution in [0.15, 0.2) is 72.8 Å². The van der Waals surface area contributed by atoms with Gasteiger partial charge in [0.25, 0.3) is 5.91 Å². The van der Waals surface area contributed by atoms with Gasteiger partial charge in [-0.05, 0) is 42.0 Å². The van der Waals surface area contributed by atoms with E-state index < -0.39 is 52.3 Å². The first-order chi connectivity index (χ1) is 18.4. The molecule has 4 atom stereocenters. The van der Waals surface area contributed by atoms with E-state index in [0.29, 0.717) is 0 Å². The third kappa shape index (κ3) is 4.82. The van der Waals surface area contributed by atoms with Crippen molar-refractivity contribution in [3.8, 4) is 0 Å². The van der Waals surface area contributed by atoms with Crippen LogP contribution in [0.4, 0.5) is 13.2 Å². The Hall–Kier alpha value is -2.98. The molecule has 0 saturated carbocycles. The summed E-state index contributed by atoms with van der Waals surface area (Å²) in [6.07, 6.45) is -2.17. The number of ether oxygens (including phenoxy) is 1. The zero-order valence-electron chi connectivity index (χ0n) is 22.8. The van der Waals surface area contributed by atoms with E-state index in [2.05, 4.69) is 0 Å². The van der Waals surface area contributed by atoms with Gasteiger partial charge in [0.1, 0.15) is 10.5 Å². The molecule has 0 aromatic heterocycles. The van der Waals surface area contributed by atoms with Gasteiger partial charge in [0, 0.05) is 5.56 Å². The topological polar surface area (TPSA) is 59.0 Å². The highest BCUT2D eigenvalue weighted by molar-refractivity contribution is 5.99. The number of carbonyl (C=O) groups excluding carboxylic acids is 1. The summed E-state index contributed by atoms with van der Waals surface area (Å²) in [5.41, 5.74) is -2.28. The minimum Gasteiger partial charge on any atom is -0.402 e. The number of aliphatic hydroxyl groups excluding tert-OH is 1. The molecule has 1 aliphatic rings. The van der Waals surface area contributed by atoms with Crippen LogP contribution in [0, 0.1) is 22.9 Å². The highest BCUT2D eigenvalue weighted by atomic mass is 28.2. The van der Waals surface area contributed by atoms with Crippen molar-refractivity contribution in [3.05, 3.63) is 107 Å². The van der Waals surface area contributed by atoms with Crippen LogP contribution in [0.2, 0.25) is 0 Å². The van der Waals surface area contributed by atoms with Crippen molar-refractivity contribution in [3.63, 3.8) is 0 Å². The fourth-order valence-corrected chi connectivity index (χ4v) is 6.92. The van der Waals surface area contributed by atoms with E-state index in [9.17, 15) is 14.3 Å². The zero-order valence-corrected chi connectivity index (χ0v) is 24.8. The summed E-state index contributed by atoms with van der Waals surface area (Å²) in [6, 6.07) is 20.7. The van der Waals surface area contributed by atoms with Crippen LogP contribution < -0.4 is 0 Å². The number of hydrogen-bond donors (Lipinski definition) is 1. The summed E-state index contributed by atoms with van der Waals surface area (Å²) in [4.78, 5) is 15.1. The summed E-state index contributed by atoms with van der Waals surface area (Å²) in [5, 5.41) is 10.6. The van der Waals surface area contributed by atoms with Crippen molar-refractivity contribution in [2.75, 3.05) is 6.54 Å². The van der Waals surface area contributed by atoms with E-state index in [4.69, 9.17) is 9.16 Å². The molecule has 9 heteroatoms. The van der Waals surface area contributed by atoms with Gasteiger partial charge in [-0.25, -0.2) is 13.2 Å². The summed E-state index contributed by atoms with van der Waals surface area (Å²) >= 11 is 0. The Morgan fingerprint density at radius 1 is 0.974 bits per heavy atom. The molecule has 1 aliphatic heterocycles. The molecule has 1 saturated heterocycles. The molecular weight excluding hydrogens is 523 g/mol. The number of aliphatic hydroxyl groups is 1. The number of benzene rings is 3. The van der Waals surface area contributed by atoms with Crippen molar-refractivity contribution in [2.24, 2.45) is 5.41 Å². The van der Waals surface area contributed by atoms with Gasteiger partial charge in [0.15, 0.2) is 23.2 Å². The monoisotopic (exact) mass is 557 g/mol. The van der Waals surface area contributed by atoms with Gasteiger partial charge in [-0.1, -0.05) is 81.4 Å². The van der Waals surface area contributed by atoms with Crippen molar-refractivity contribution in [2.45, 2.75) is 57.6 Å². The maximum absolute atomic E-state index is 15.0. The van der Waals surface area contributed by atoms with Crippen LogP contribution >= 0.6 is 0 Å². The molecule has 1 fully saturated rings. The second kappa shape index (κ2) is 10.9. The number of morpholine rings is 1. The number of halogens is 3. The molecule has 1 N–H and O–H groups in total. The summed E-state index contributed by atoms with van der Waals surface area (Å²) in [7, 11) is 0.0139. The average molecular weight is 558 g/mol. The Kier molecular flexibility index (Phi) is 8.10. The third-order valence-corrected chi connectivity index (χ3v) is 8.36. The van der Waals surface area contributed by atoms with Crippen molar-refractivity contribution in [1.82, 2.24) is 4.90 Å². The molecule has 2 unspecified atom stereocenters. The molecule has 1 heterocycles. The summed E-state index contributed by atoms with van der Waals surface area (Å²) in [5.74, 6) is -5.24. The summed E-state index contributed by atoms with van der Waals surface area (Å²) in [6.45, 7) is 7.56. The van der Waals surface area contributed by atoms with Gasteiger partial charge >= 0.3 is 0 Å². The van der Waals surface area contributed by atoms with Crippen LogP contribution in [0.3, 0.4) is 0 Å². The lowest BCUT2D eigenvalue weighted by Gasteiger charge is -2.62. The first-order valence-corrected chi connectivity index (χ1v) is 13.7. The third-order valence-electron chi connectivity index (χ3n) is 7.77. The maximum Gasteiger partial charge on any atom is 0.281 e. The maximum atomic E-state index is 15.0. The first kappa shape index (κ1) is 29.0. The number of rotatable bonds is 7. The van der Waals surface area contributed by atoms with E-state index in [-0.39, 0.29) is 29.0 Å². The molecule has 3 aromatic carbocycles. The minimum atomic E-state index is -1.87. The Labute approximate surface area is 230 Å². The molecule has 0 spiro atoms. The molecule has 5 nitrogen and oxygen atoms in total. The molecule has 1 amide bonds. The minimum absolute atomic E-state index is 0.0139. The molecule has 3 aromatic rings. The Morgan fingerprint density at radius 2 is 1.51 bits per heavy atom. The molecular formula is C30H34F3NO4Si. The lowest BCUT2D eigenvalue weighted by atomic mass is 9.52. The number of nitrogens with zero attached hydrogens (tertiary/aromatic N) is 1. The zero-order chi connectivity index (χ0) is 28.6. The SMILES string of the molecule is CC1CN([C@@](O[SiH3])(c2cc(F)c(F)c(F)c2)[C@@](Cc2ccccc2)(c2ccccc2)C(C)(C)C)C(=O)C(O)O1. The lowest BCUT2D eigenvalue weighted by Crippen LogP contribution is -2.71. The molecule has 0 aliphatic carbocycles. The normalized spacial score (nSPS) is 21.4. The summed E-state index contributed by atoms with van der Waals surface area (Å²) < 4.78 is 56.3. The molecule has 4 rings (SSSR count). The number of hydrogen-bond acceptors (Lipinski definition) is 4. The van der Waals surface area contributed by atoms with Crippen LogP contribution in [0.1, 0.15) is 44.4 Å². The highest BCUT2D eigenvalue weighted by Crippen LogP contribution is 2.59. The molecule has 0 bridgehead atoms. The molecule has 39 heavy (non-hydrogen) atoms. The van der Waals surface area contributed by atoms with Crippen LogP contribution in [0.25, 0.3) is 0 Å². The van der Waals surface area contributed by atoms with Gasteiger partial charge in [0.2, 0.25) is 6.29 Å². The first-order valence-electron chi connectivity index (χ1n) is 12.8. The van der Waals surface area contributed by atoms with E-state index in [1.807, 2.05) is 81.4 Å². The average Bonchev–Trinajstić information content (AvgIpc) is 2.90. The Balaban J connectivity index is 2.21. The van der Waals surface area contributed by atoms with Crippen molar-refractivity contribution in [1.29, 1.82) is 0 Å². The largest absolute Gasteiger partial charge is 0.402 e. The van der Waals surface area contributed by atoms with Gasteiger partial charge in [-0.3, -0.25) is 4.79 Å². The van der Waals surface area contributed by atoms with Gasteiger partial charge < -0.3 is 19.2 Å². The van der Waals surface area contributed by atoms with Crippen molar-refractivity contribution >= 4 is 16.4 Å². The predicted molar refractivity (Wildman–Crippen MR) is 145 cm³/mol. The highest BCUT2D eigenvalue weighted by Gasteiger charge is 2.65. The Morgan fingerprint density at radius 3 is 2.03 bits per heavy atom. The fraction of sp³-hybridized carbons (Fsp3) is 0.367. The second-order valence-electron chi connectivity index (χ2n) is 11.0. The number of amides is 1. The number of carbonyl (C=O) groups is 1. The van der Waals surface area contributed by atoms with E-state index in [0.717, 1.165) is 23.3 Å². The van der Waals surface area contributed by atoms with Crippen LogP contribution in [-0.2, 0) is 31.5 Å². The standard InChI is InChI=1S/C30H34F3NO4Si/c1-19-18-34(26(35)27(36)37-19)30(38-39,22-15-23(31)25(33)24(32)16-22)29(28(2,3)4,21-13-9-6-10-14-21)17-20-11-7-5-8-12-20/h5-16,19,27,36H,17-18H2,1-4,39H3/t19?,27?,29-,30+/m0/s1. The fourth-order valence-electron chi connectivity index (χ4n) is 6.12. The lowest BCUT2D eigenvalue weighted by molar-refractivity contribution is -0.246. The quantitative estimate of drug-likeness (QED) is 0.347.